The van der Waals surface area contributed by atoms with Gasteiger partial charge in [0.1, 0.15) is 0 Å². The van der Waals surface area contributed by atoms with Gasteiger partial charge in [0, 0.05) is 55.1 Å². The summed E-state index contributed by atoms with van der Waals surface area (Å²) in [7, 11) is -3.13. The first-order valence-electron chi connectivity index (χ1n) is 27.5. The number of fused-ring (bicyclic) bond motifs is 14. The van der Waals surface area contributed by atoms with Crippen molar-refractivity contribution in [2.75, 3.05) is 0 Å². The molecule has 374 valence electrons. The van der Waals surface area contributed by atoms with Gasteiger partial charge in [0.05, 0.1) is 55.2 Å². The molecule has 0 spiro atoms. The van der Waals surface area contributed by atoms with Gasteiger partial charge in [-0.1, -0.05) is 188 Å². The SMILES string of the molecule is c1ccc([Si](c2ccccc2)(c2cccc(-n3c4ccccc4c4cc(-n5c6ccccc6c6ccccc65)ccc43)c2)c2cccc(-n3c4ccccc4n4c5cc(-n6c7ccccc7c7ccccc76)ccc5nc34)c2)cc1. The molecule has 0 aliphatic rings. The highest BCUT2D eigenvalue weighted by molar-refractivity contribution is 7.20. The Morgan fingerprint density at radius 1 is 0.225 bits per heavy atom. The topological polar surface area (TPSA) is 37.0 Å². The molecule has 5 aromatic heterocycles. The first-order valence-corrected chi connectivity index (χ1v) is 29.5. The molecule has 7 heteroatoms. The van der Waals surface area contributed by atoms with E-state index in [0.717, 1.165) is 50.6 Å². The molecule has 0 amide bonds. The van der Waals surface area contributed by atoms with Crippen LogP contribution >= 0.6 is 0 Å². The molecule has 5 heterocycles. The van der Waals surface area contributed by atoms with E-state index in [0.29, 0.717) is 0 Å². The number of benzene rings is 12. The zero-order chi connectivity index (χ0) is 52.5. The Balaban J connectivity index is 0.869. The molecule has 0 saturated carbocycles. The third kappa shape index (κ3) is 6.32. The Kier molecular flexibility index (Phi) is 9.63. The van der Waals surface area contributed by atoms with Gasteiger partial charge in [0.15, 0.2) is 8.07 Å². The Morgan fingerprint density at radius 2 is 0.588 bits per heavy atom. The highest BCUT2D eigenvalue weighted by atomic mass is 28.3. The molecule has 17 aromatic rings. The van der Waals surface area contributed by atoms with Crippen LogP contribution in [0.2, 0.25) is 0 Å². The average molecular weight is 1040 g/mol. The molecule has 80 heavy (non-hydrogen) atoms. The van der Waals surface area contributed by atoms with Crippen LogP contribution in [0.5, 0.6) is 0 Å². The number of hydrogen-bond acceptors (Lipinski definition) is 1. The van der Waals surface area contributed by atoms with Crippen molar-refractivity contribution in [1.29, 1.82) is 0 Å². The van der Waals surface area contributed by atoms with Crippen LogP contribution in [-0.4, -0.2) is 35.7 Å². The number of nitrogens with zero attached hydrogens (tertiary/aromatic N) is 6. The van der Waals surface area contributed by atoms with Gasteiger partial charge < -0.3 is 13.7 Å². The second-order valence-corrected chi connectivity index (χ2v) is 24.9. The zero-order valence-electron chi connectivity index (χ0n) is 43.4. The van der Waals surface area contributed by atoms with Crippen molar-refractivity contribution in [3.8, 4) is 22.7 Å². The maximum Gasteiger partial charge on any atom is 0.220 e. The van der Waals surface area contributed by atoms with Crippen LogP contribution in [0.4, 0.5) is 0 Å². The normalized spacial score (nSPS) is 12.2. The predicted molar refractivity (Wildman–Crippen MR) is 336 cm³/mol. The first kappa shape index (κ1) is 44.6. The van der Waals surface area contributed by atoms with E-state index in [1.165, 1.54) is 86.2 Å². The average Bonchev–Trinajstić information content (AvgIpc) is 4.36. The molecule has 0 N–H and O–H groups in total. The molecule has 0 radical (unpaired) electrons. The van der Waals surface area contributed by atoms with Gasteiger partial charge in [0.2, 0.25) is 5.78 Å². The summed E-state index contributed by atoms with van der Waals surface area (Å²) >= 11 is 0. The number of hydrogen-bond donors (Lipinski definition) is 0. The maximum absolute atomic E-state index is 5.50. The molecule has 6 nitrogen and oxygen atoms in total. The summed E-state index contributed by atoms with van der Waals surface area (Å²) < 4.78 is 12.0. The number of para-hydroxylation sites is 7. The van der Waals surface area contributed by atoms with Crippen LogP contribution in [0.25, 0.3) is 116 Å². The van der Waals surface area contributed by atoms with Crippen molar-refractivity contribution < 1.29 is 0 Å². The van der Waals surface area contributed by atoms with E-state index >= 15 is 0 Å². The molecule has 0 fully saturated rings. The fourth-order valence-corrected chi connectivity index (χ4v) is 18.5. The van der Waals surface area contributed by atoms with E-state index in [4.69, 9.17) is 4.98 Å². The highest BCUT2D eigenvalue weighted by Crippen LogP contribution is 2.38. The van der Waals surface area contributed by atoms with E-state index in [9.17, 15) is 0 Å². The van der Waals surface area contributed by atoms with E-state index in [1.54, 1.807) is 0 Å². The highest BCUT2D eigenvalue weighted by Gasteiger charge is 2.42. The summed E-state index contributed by atoms with van der Waals surface area (Å²) in [6, 6.07) is 108. The predicted octanol–water partition coefficient (Wildman–Crippen LogP) is 15.1. The van der Waals surface area contributed by atoms with Crippen molar-refractivity contribution in [2.45, 2.75) is 0 Å². The van der Waals surface area contributed by atoms with Crippen molar-refractivity contribution in [3.05, 3.63) is 291 Å². The van der Waals surface area contributed by atoms with Crippen LogP contribution < -0.4 is 20.7 Å². The Labute approximate surface area is 461 Å². The van der Waals surface area contributed by atoms with Crippen LogP contribution in [-0.2, 0) is 0 Å². The van der Waals surface area contributed by atoms with Crippen molar-refractivity contribution in [1.82, 2.24) is 27.7 Å². The third-order valence-electron chi connectivity index (χ3n) is 17.0. The summed E-state index contributed by atoms with van der Waals surface area (Å²) in [5.74, 6) is 0.874. The minimum atomic E-state index is -3.13. The molecule has 0 unspecified atom stereocenters. The third-order valence-corrected chi connectivity index (χ3v) is 21.8. The standard InChI is InChI=1S/C73H48N6Si/c1-3-23-53(24-4-1)80(54-25-5-2-6-26-54,55-27-19-21-49(45-55)75-68-38-16-11-33-61(68)62-47-51(42-44-69(62)75)76-64-34-12-7-29-57(64)58-30-8-13-35-65(58)76)56-28-20-22-50(46-56)78-70-39-17-18-40-71(70)79-72-48-52(41-43-63(72)74-73(78)79)77-66-36-14-9-31-59(66)60-32-10-15-37-67(60)77/h1-48H. The Morgan fingerprint density at radius 3 is 1.09 bits per heavy atom. The Bertz CT molecular complexity index is 5180. The first-order chi connectivity index (χ1) is 39.7. The van der Waals surface area contributed by atoms with E-state index in [1.807, 2.05) is 0 Å². The van der Waals surface area contributed by atoms with E-state index in [-0.39, 0.29) is 0 Å². The number of rotatable bonds is 8. The smallest absolute Gasteiger partial charge is 0.220 e. The molecule has 12 aromatic carbocycles. The molecular weight excluding hydrogens is 989 g/mol. The molecule has 0 atom stereocenters. The Hall–Kier alpha value is -10.5. The molecule has 0 aliphatic heterocycles. The maximum atomic E-state index is 5.50. The van der Waals surface area contributed by atoms with Gasteiger partial charge in [0.25, 0.3) is 0 Å². The second-order valence-electron chi connectivity index (χ2n) is 21.1. The van der Waals surface area contributed by atoms with Crippen molar-refractivity contribution in [2.24, 2.45) is 0 Å². The van der Waals surface area contributed by atoms with Crippen LogP contribution in [0, 0.1) is 0 Å². The lowest BCUT2D eigenvalue weighted by atomic mass is 10.1. The monoisotopic (exact) mass is 1040 g/mol. The summed E-state index contributed by atoms with van der Waals surface area (Å²) in [4.78, 5) is 5.50. The largest absolute Gasteiger partial charge is 0.309 e. The molecule has 0 saturated heterocycles. The lowest BCUT2D eigenvalue weighted by molar-refractivity contribution is 1.11. The van der Waals surface area contributed by atoms with Gasteiger partial charge in [-0.25, -0.2) is 4.98 Å². The second kappa shape index (κ2) is 17.3. The number of aromatic nitrogens is 6. The quantitative estimate of drug-likeness (QED) is 0.110. The fourth-order valence-electron chi connectivity index (χ4n) is 13.7. The summed E-state index contributed by atoms with van der Waals surface area (Å²) in [6.07, 6.45) is 0. The van der Waals surface area contributed by atoms with E-state index < -0.39 is 8.07 Å². The van der Waals surface area contributed by atoms with Gasteiger partial charge in [-0.3, -0.25) is 8.97 Å². The zero-order valence-corrected chi connectivity index (χ0v) is 44.4. The molecule has 17 rings (SSSR count). The summed E-state index contributed by atoms with van der Waals surface area (Å²) in [5.41, 5.74) is 15.8. The fraction of sp³-hybridized carbons (Fsp3) is 0. The van der Waals surface area contributed by atoms with Gasteiger partial charge in [-0.15, -0.1) is 0 Å². The number of imidazole rings is 2. The van der Waals surface area contributed by atoms with Crippen molar-refractivity contribution >= 4 is 122 Å². The van der Waals surface area contributed by atoms with Gasteiger partial charge in [-0.2, -0.15) is 0 Å². The van der Waals surface area contributed by atoms with Crippen LogP contribution in [0.3, 0.4) is 0 Å². The van der Waals surface area contributed by atoms with E-state index in [2.05, 4.69) is 314 Å². The van der Waals surface area contributed by atoms with Crippen molar-refractivity contribution in [3.63, 3.8) is 0 Å². The molecule has 0 bridgehead atoms. The summed E-state index contributed by atoms with van der Waals surface area (Å²) in [6.45, 7) is 0. The van der Waals surface area contributed by atoms with Crippen LogP contribution in [0.15, 0.2) is 291 Å². The lowest BCUT2D eigenvalue weighted by Crippen LogP contribution is -2.74. The van der Waals surface area contributed by atoms with Gasteiger partial charge in [-0.05, 0) is 124 Å². The minimum Gasteiger partial charge on any atom is -0.309 e. The molecular formula is C73H48N6Si. The van der Waals surface area contributed by atoms with Gasteiger partial charge >= 0.3 is 0 Å². The minimum absolute atomic E-state index is 0.874. The molecule has 0 aliphatic carbocycles. The lowest BCUT2D eigenvalue weighted by Gasteiger charge is -2.35. The summed E-state index contributed by atoms with van der Waals surface area (Å²) in [5, 5.41) is 12.6. The van der Waals surface area contributed by atoms with Crippen LogP contribution in [0.1, 0.15) is 0 Å².